The van der Waals surface area contributed by atoms with E-state index in [0.29, 0.717) is 23.1 Å². The van der Waals surface area contributed by atoms with E-state index in [1.54, 1.807) is 53.4 Å². The van der Waals surface area contributed by atoms with Crippen LogP contribution in [0, 0.1) is 5.92 Å². The molecule has 1 amide bonds. The monoisotopic (exact) mass is 441 g/mol. The van der Waals surface area contributed by atoms with Crippen LogP contribution in [0.1, 0.15) is 19.2 Å². The molecule has 0 spiro atoms. The van der Waals surface area contributed by atoms with Gasteiger partial charge in [-0.15, -0.1) is 0 Å². The highest BCUT2D eigenvalue weighted by atomic mass is 35.5. The zero-order chi connectivity index (χ0) is 21.8. The fraction of sp³-hybridized carbons (Fsp3) is 0.273. The standard InChI is InChI=1S/C22H20ClN3O5/c1-2-29-18-9-7-17(8-10-18)26-12-15(11-20(26)27)22(28)30-13-19-24-21(25-31-19)14-3-5-16(23)6-4-14/h3-10,15H,2,11-13H2,1H3. The fourth-order valence-electron chi connectivity index (χ4n) is 3.28. The van der Waals surface area contributed by atoms with Crippen molar-refractivity contribution in [2.45, 2.75) is 20.0 Å². The topological polar surface area (TPSA) is 94.8 Å². The lowest BCUT2D eigenvalue weighted by Crippen LogP contribution is -2.26. The molecular formula is C22H20ClN3O5. The SMILES string of the molecule is CCOc1ccc(N2CC(C(=O)OCc3nc(-c4ccc(Cl)cc4)no3)CC2=O)cc1. The average molecular weight is 442 g/mol. The van der Waals surface area contributed by atoms with Gasteiger partial charge in [0.15, 0.2) is 6.61 Å². The third kappa shape index (κ3) is 4.86. The smallest absolute Gasteiger partial charge is 0.311 e. The molecule has 1 aliphatic heterocycles. The summed E-state index contributed by atoms with van der Waals surface area (Å²) < 4.78 is 15.9. The third-order valence-electron chi connectivity index (χ3n) is 4.83. The minimum absolute atomic E-state index is 0.0892. The number of ether oxygens (including phenoxy) is 2. The fourth-order valence-corrected chi connectivity index (χ4v) is 3.41. The normalized spacial score (nSPS) is 15.9. The Balaban J connectivity index is 1.33. The van der Waals surface area contributed by atoms with Crippen LogP contribution in [0.4, 0.5) is 5.69 Å². The molecule has 3 aromatic rings. The number of rotatable bonds is 7. The molecule has 1 atom stereocenters. The first kappa shape index (κ1) is 20.9. The number of hydrogen-bond donors (Lipinski definition) is 0. The van der Waals surface area contributed by atoms with Crippen molar-refractivity contribution in [1.29, 1.82) is 0 Å². The lowest BCUT2D eigenvalue weighted by Gasteiger charge is -2.17. The molecule has 1 aliphatic rings. The van der Waals surface area contributed by atoms with Gasteiger partial charge in [0.2, 0.25) is 11.7 Å². The van der Waals surface area contributed by atoms with Crippen molar-refractivity contribution in [3.63, 3.8) is 0 Å². The van der Waals surface area contributed by atoms with E-state index in [0.717, 1.165) is 11.3 Å². The predicted octanol–water partition coefficient (Wildman–Crippen LogP) is 3.89. The maximum absolute atomic E-state index is 12.5. The molecule has 31 heavy (non-hydrogen) atoms. The molecule has 8 nitrogen and oxygen atoms in total. The summed E-state index contributed by atoms with van der Waals surface area (Å²) in [5.41, 5.74) is 1.45. The predicted molar refractivity (Wildman–Crippen MR) is 113 cm³/mol. The van der Waals surface area contributed by atoms with Crippen LogP contribution in [-0.2, 0) is 20.9 Å². The van der Waals surface area contributed by atoms with Crippen molar-refractivity contribution >= 4 is 29.2 Å². The van der Waals surface area contributed by atoms with Crippen molar-refractivity contribution < 1.29 is 23.6 Å². The molecule has 0 bridgehead atoms. The van der Waals surface area contributed by atoms with Crippen molar-refractivity contribution in [2.24, 2.45) is 5.92 Å². The molecule has 1 aromatic heterocycles. The molecule has 1 unspecified atom stereocenters. The number of hydrogen-bond acceptors (Lipinski definition) is 7. The molecule has 0 aliphatic carbocycles. The highest BCUT2D eigenvalue weighted by Crippen LogP contribution is 2.28. The van der Waals surface area contributed by atoms with E-state index in [-0.39, 0.29) is 31.4 Å². The van der Waals surface area contributed by atoms with Gasteiger partial charge in [0.25, 0.3) is 5.89 Å². The number of nitrogens with zero attached hydrogens (tertiary/aromatic N) is 3. The van der Waals surface area contributed by atoms with Gasteiger partial charge in [-0.25, -0.2) is 0 Å². The van der Waals surface area contributed by atoms with Crippen molar-refractivity contribution in [1.82, 2.24) is 10.1 Å². The summed E-state index contributed by atoms with van der Waals surface area (Å²) in [6.45, 7) is 2.57. The first-order chi connectivity index (χ1) is 15.0. The summed E-state index contributed by atoms with van der Waals surface area (Å²) in [5, 5.41) is 4.49. The van der Waals surface area contributed by atoms with Crippen LogP contribution in [0.3, 0.4) is 0 Å². The van der Waals surface area contributed by atoms with E-state index in [9.17, 15) is 9.59 Å². The Kier molecular flexibility index (Phi) is 6.18. The maximum Gasteiger partial charge on any atom is 0.311 e. The second-order valence-corrected chi connectivity index (χ2v) is 7.40. The molecule has 9 heteroatoms. The zero-order valence-electron chi connectivity index (χ0n) is 16.8. The van der Waals surface area contributed by atoms with Gasteiger partial charge in [-0.2, -0.15) is 4.98 Å². The molecular weight excluding hydrogens is 422 g/mol. The first-order valence-corrected chi connectivity index (χ1v) is 10.2. The van der Waals surface area contributed by atoms with Gasteiger partial charge < -0.3 is 18.9 Å². The molecule has 2 heterocycles. The second kappa shape index (κ2) is 9.18. The van der Waals surface area contributed by atoms with Crippen LogP contribution < -0.4 is 9.64 Å². The minimum Gasteiger partial charge on any atom is -0.494 e. The molecule has 1 saturated heterocycles. The Morgan fingerprint density at radius 2 is 1.94 bits per heavy atom. The summed E-state index contributed by atoms with van der Waals surface area (Å²) in [5.74, 6) is 0.109. The minimum atomic E-state index is -0.558. The van der Waals surface area contributed by atoms with Crippen LogP contribution >= 0.6 is 11.6 Å². The van der Waals surface area contributed by atoms with Gasteiger partial charge in [-0.3, -0.25) is 9.59 Å². The van der Waals surface area contributed by atoms with Crippen molar-refractivity contribution in [3.8, 4) is 17.1 Å². The molecule has 160 valence electrons. The highest BCUT2D eigenvalue weighted by Gasteiger charge is 2.36. The van der Waals surface area contributed by atoms with Crippen molar-refractivity contribution in [2.75, 3.05) is 18.1 Å². The lowest BCUT2D eigenvalue weighted by molar-refractivity contribution is -0.150. The maximum atomic E-state index is 12.5. The van der Waals surface area contributed by atoms with Gasteiger partial charge in [0, 0.05) is 29.2 Å². The number of benzene rings is 2. The van der Waals surface area contributed by atoms with E-state index in [1.165, 1.54) is 0 Å². The number of amides is 1. The second-order valence-electron chi connectivity index (χ2n) is 6.96. The van der Waals surface area contributed by atoms with E-state index >= 15 is 0 Å². The molecule has 2 aromatic carbocycles. The Morgan fingerprint density at radius 1 is 1.19 bits per heavy atom. The summed E-state index contributed by atoms with van der Waals surface area (Å²) in [6, 6.07) is 14.2. The molecule has 0 saturated carbocycles. The molecule has 0 radical (unpaired) electrons. The Bertz CT molecular complexity index is 1070. The van der Waals surface area contributed by atoms with Gasteiger partial charge in [0.05, 0.1) is 12.5 Å². The van der Waals surface area contributed by atoms with Gasteiger partial charge in [0.1, 0.15) is 5.75 Å². The molecule has 4 rings (SSSR count). The largest absolute Gasteiger partial charge is 0.494 e. The Labute approximate surface area is 183 Å². The average Bonchev–Trinajstić information content (AvgIpc) is 3.40. The van der Waals surface area contributed by atoms with E-state index in [2.05, 4.69) is 10.1 Å². The number of halogens is 1. The van der Waals surface area contributed by atoms with Crippen molar-refractivity contribution in [3.05, 3.63) is 59.4 Å². The molecule has 1 fully saturated rings. The molecule has 0 N–H and O–H groups in total. The number of esters is 1. The number of carbonyl (C=O) groups is 2. The summed E-state index contributed by atoms with van der Waals surface area (Å²) in [4.78, 5) is 30.7. The van der Waals surface area contributed by atoms with Crippen LogP contribution in [0.25, 0.3) is 11.4 Å². The van der Waals surface area contributed by atoms with E-state index in [4.69, 9.17) is 25.6 Å². The highest BCUT2D eigenvalue weighted by molar-refractivity contribution is 6.30. The van der Waals surface area contributed by atoms with E-state index in [1.807, 2.05) is 6.92 Å². The first-order valence-electron chi connectivity index (χ1n) is 9.82. The Hall–Kier alpha value is -3.39. The van der Waals surface area contributed by atoms with Gasteiger partial charge in [-0.05, 0) is 55.5 Å². The summed E-state index contributed by atoms with van der Waals surface area (Å²) in [6.07, 6.45) is 0.0892. The third-order valence-corrected chi connectivity index (χ3v) is 5.08. The summed E-state index contributed by atoms with van der Waals surface area (Å²) in [7, 11) is 0. The lowest BCUT2D eigenvalue weighted by atomic mass is 10.1. The Morgan fingerprint density at radius 3 is 2.65 bits per heavy atom. The van der Waals surface area contributed by atoms with Crippen LogP contribution in [-0.4, -0.2) is 35.2 Å². The van der Waals surface area contributed by atoms with Gasteiger partial charge in [-0.1, -0.05) is 16.8 Å². The van der Waals surface area contributed by atoms with Crippen LogP contribution in [0.15, 0.2) is 53.1 Å². The zero-order valence-corrected chi connectivity index (χ0v) is 17.5. The number of anilines is 1. The van der Waals surface area contributed by atoms with E-state index < -0.39 is 11.9 Å². The number of carbonyl (C=O) groups excluding carboxylic acids is 2. The quantitative estimate of drug-likeness (QED) is 0.513. The summed E-state index contributed by atoms with van der Waals surface area (Å²) >= 11 is 5.88. The van der Waals surface area contributed by atoms with Gasteiger partial charge >= 0.3 is 5.97 Å². The van der Waals surface area contributed by atoms with Crippen LogP contribution in [0.5, 0.6) is 5.75 Å². The van der Waals surface area contributed by atoms with Crippen LogP contribution in [0.2, 0.25) is 5.02 Å². The number of aromatic nitrogens is 2.